The van der Waals surface area contributed by atoms with Crippen molar-refractivity contribution in [1.82, 2.24) is 9.88 Å². The van der Waals surface area contributed by atoms with Gasteiger partial charge in [-0.3, -0.25) is 9.88 Å². The van der Waals surface area contributed by atoms with Gasteiger partial charge >= 0.3 is 0 Å². The molecule has 3 nitrogen and oxygen atoms in total. The predicted molar refractivity (Wildman–Crippen MR) is 84.3 cm³/mol. The number of hydrogen-bond donors (Lipinski definition) is 0. The van der Waals surface area contributed by atoms with Crippen molar-refractivity contribution >= 4 is 0 Å². The second kappa shape index (κ2) is 6.72. The van der Waals surface area contributed by atoms with Crippen molar-refractivity contribution in [3.63, 3.8) is 0 Å². The minimum Gasteiger partial charge on any atom is -0.492 e. The molecule has 1 unspecified atom stereocenters. The maximum absolute atomic E-state index is 5.80. The van der Waals surface area contributed by atoms with E-state index < -0.39 is 0 Å². The van der Waals surface area contributed by atoms with Gasteiger partial charge in [-0.15, -0.1) is 0 Å². The summed E-state index contributed by atoms with van der Waals surface area (Å²) in [4.78, 5) is 6.92. The molecule has 0 saturated heterocycles. The van der Waals surface area contributed by atoms with Gasteiger partial charge in [-0.1, -0.05) is 24.3 Å². The molecule has 1 saturated carbocycles. The van der Waals surface area contributed by atoms with Crippen LogP contribution in [0.5, 0.6) is 5.75 Å². The van der Waals surface area contributed by atoms with Crippen LogP contribution in [0.4, 0.5) is 0 Å². The Hall–Kier alpha value is -1.87. The number of benzene rings is 1. The van der Waals surface area contributed by atoms with Crippen LogP contribution in [0.1, 0.15) is 24.6 Å². The Morgan fingerprint density at radius 1 is 1.14 bits per heavy atom. The van der Waals surface area contributed by atoms with Crippen LogP contribution in [0, 0.1) is 5.92 Å². The van der Waals surface area contributed by atoms with Gasteiger partial charge in [-0.25, -0.2) is 0 Å². The van der Waals surface area contributed by atoms with Gasteiger partial charge in [0.1, 0.15) is 12.4 Å². The van der Waals surface area contributed by atoms with Crippen LogP contribution in [0.3, 0.4) is 0 Å². The van der Waals surface area contributed by atoms with Crippen LogP contribution in [-0.4, -0.2) is 30.1 Å². The van der Waals surface area contributed by atoms with Crippen molar-refractivity contribution < 1.29 is 4.74 Å². The zero-order valence-electron chi connectivity index (χ0n) is 12.5. The highest BCUT2D eigenvalue weighted by atomic mass is 16.5. The van der Waals surface area contributed by atoms with Gasteiger partial charge in [-0.05, 0) is 50.1 Å². The molecular formula is C18H22N2O. The molecule has 1 aromatic heterocycles. The first kappa shape index (κ1) is 14.1. The second-order valence-corrected chi connectivity index (χ2v) is 5.68. The maximum atomic E-state index is 5.80. The lowest BCUT2D eigenvalue weighted by Gasteiger charge is -2.27. The molecule has 110 valence electrons. The van der Waals surface area contributed by atoms with Gasteiger partial charge in [0, 0.05) is 12.7 Å². The van der Waals surface area contributed by atoms with Crippen LogP contribution in [0.2, 0.25) is 0 Å². The molecule has 0 radical (unpaired) electrons. The Labute approximate surface area is 126 Å². The number of likely N-dealkylation sites (N-methyl/N-ethyl adjacent to an activating group) is 1. The second-order valence-electron chi connectivity index (χ2n) is 5.68. The molecule has 1 aromatic carbocycles. The number of ether oxygens (including phenoxy) is 1. The van der Waals surface area contributed by atoms with Gasteiger partial charge in [0.2, 0.25) is 0 Å². The van der Waals surface area contributed by atoms with E-state index in [2.05, 4.69) is 29.1 Å². The van der Waals surface area contributed by atoms with Crippen molar-refractivity contribution in [2.45, 2.75) is 18.9 Å². The van der Waals surface area contributed by atoms with Gasteiger partial charge in [0.05, 0.1) is 11.7 Å². The quantitative estimate of drug-likeness (QED) is 0.776. The molecule has 21 heavy (non-hydrogen) atoms. The minimum absolute atomic E-state index is 0.422. The molecule has 2 aromatic rings. The Morgan fingerprint density at radius 2 is 1.90 bits per heavy atom. The standard InChI is InChI=1S/C18H22N2O/c1-20(13-14-21-16-7-3-2-4-8-16)18(15-10-11-15)17-9-5-6-12-19-17/h2-9,12,15,18H,10-11,13-14H2,1H3. The summed E-state index contributed by atoms with van der Waals surface area (Å²) in [6, 6.07) is 16.6. The van der Waals surface area contributed by atoms with Crippen molar-refractivity contribution in [1.29, 1.82) is 0 Å². The van der Waals surface area contributed by atoms with Crippen LogP contribution in [0.25, 0.3) is 0 Å². The summed E-state index contributed by atoms with van der Waals surface area (Å²) in [5.41, 5.74) is 1.18. The van der Waals surface area contributed by atoms with Crippen molar-refractivity contribution in [2.24, 2.45) is 5.92 Å². The minimum atomic E-state index is 0.422. The number of hydrogen-bond acceptors (Lipinski definition) is 3. The molecule has 3 rings (SSSR count). The lowest BCUT2D eigenvalue weighted by molar-refractivity contribution is 0.174. The normalized spacial score (nSPS) is 15.9. The van der Waals surface area contributed by atoms with E-state index in [0.717, 1.165) is 18.2 Å². The Balaban J connectivity index is 1.56. The average molecular weight is 282 g/mol. The highest BCUT2D eigenvalue weighted by Gasteiger charge is 2.35. The first-order chi connectivity index (χ1) is 10.3. The van der Waals surface area contributed by atoms with Crippen molar-refractivity contribution in [3.8, 4) is 5.75 Å². The molecule has 0 bridgehead atoms. The fraction of sp³-hybridized carbons (Fsp3) is 0.389. The smallest absolute Gasteiger partial charge is 0.119 e. The third kappa shape index (κ3) is 3.82. The molecule has 3 heteroatoms. The molecule has 0 spiro atoms. The van der Waals surface area contributed by atoms with Crippen LogP contribution < -0.4 is 4.74 Å². The highest BCUT2D eigenvalue weighted by molar-refractivity contribution is 5.20. The summed E-state index contributed by atoms with van der Waals surface area (Å²) in [6.07, 6.45) is 4.51. The Morgan fingerprint density at radius 3 is 2.57 bits per heavy atom. The summed E-state index contributed by atoms with van der Waals surface area (Å²) < 4.78 is 5.80. The molecule has 1 aliphatic rings. The fourth-order valence-electron chi connectivity index (χ4n) is 2.75. The number of para-hydroxylation sites is 1. The van der Waals surface area contributed by atoms with Gasteiger partial charge < -0.3 is 4.74 Å². The highest BCUT2D eigenvalue weighted by Crippen LogP contribution is 2.43. The fourth-order valence-corrected chi connectivity index (χ4v) is 2.75. The first-order valence-corrected chi connectivity index (χ1v) is 7.63. The summed E-state index contributed by atoms with van der Waals surface area (Å²) in [5, 5.41) is 0. The van der Waals surface area contributed by atoms with Crippen molar-refractivity contribution in [3.05, 3.63) is 60.4 Å². The first-order valence-electron chi connectivity index (χ1n) is 7.63. The van der Waals surface area contributed by atoms with Gasteiger partial charge in [0.15, 0.2) is 0 Å². The Bertz CT molecular complexity index is 540. The topological polar surface area (TPSA) is 25.4 Å². The monoisotopic (exact) mass is 282 g/mol. The van der Waals surface area contributed by atoms with E-state index in [-0.39, 0.29) is 0 Å². The van der Waals surface area contributed by atoms with Crippen LogP contribution in [0.15, 0.2) is 54.7 Å². The van der Waals surface area contributed by atoms with Gasteiger partial charge in [0.25, 0.3) is 0 Å². The largest absolute Gasteiger partial charge is 0.492 e. The molecule has 0 aliphatic heterocycles. The summed E-state index contributed by atoms with van der Waals surface area (Å²) >= 11 is 0. The molecule has 1 heterocycles. The van der Waals surface area contributed by atoms with E-state index in [4.69, 9.17) is 4.74 Å². The summed E-state index contributed by atoms with van der Waals surface area (Å²) in [7, 11) is 2.17. The average Bonchev–Trinajstić information content (AvgIpc) is 3.34. The van der Waals surface area contributed by atoms with E-state index in [1.54, 1.807) is 0 Å². The SMILES string of the molecule is CN(CCOc1ccccc1)C(c1ccccn1)C1CC1. The lowest BCUT2D eigenvalue weighted by Crippen LogP contribution is -2.30. The maximum Gasteiger partial charge on any atom is 0.119 e. The Kier molecular flexibility index (Phi) is 4.51. The zero-order valence-corrected chi connectivity index (χ0v) is 12.5. The lowest BCUT2D eigenvalue weighted by atomic mass is 10.1. The van der Waals surface area contributed by atoms with E-state index >= 15 is 0 Å². The summed E-state index contributed by atoms with van der Waals surface area (Å²) in [5.74, 6) is 1.69. The molecule has 0 N–H and O–H groups in total. The van der Waals surface area contributed by atoms with Crippen LogP contribution in [-0.2, 0) is 0 Å². The predicted octanol–water partition coefficient (Wildman–Crippen LogP) is 3.54. The number of rotatable bonds is 7. The molecular weight excluding hydrogens is 260 g/mol. The third-order valence-electron chi connectivity index (χ3n) is 3.99. The summed E-state index contributed by atoms with van der Waals surface area (Å²) in [6.45, 7) is 1.61. The zero-order chi connectivity index (χ0) is 14.5. The number of pyridine rings is 1. The van der Waals surface area contributed by atoms with Crippen molar-refractivity contribution in [2.75, 3.05) is 20.2 Å². The molecule has 0 amide bonds. The van der Waals surface area contributed by atoms with E-state index in [9.17, 15) is 0 Å². The number of aromatic nitrogens is 1. The molecule has 1 fully saturated rings. The van der Waals surface area contributed by atoms with Gasteiger partial charge in [-0.2, -0.15) is 0 Å². The van der Waals surface area contributed by atoms with Crippen LogP contribution >= 0.6 is 0 Å². The third-order valence-corrected chi connectivity index (χ3v) is 3.99. The number of nitrogens with zero attached hydrogens (tertiary/aromatic N) is 2. The van der Waals surface area contributed by atoms with E-state index in [1.807, 2.05) is 42.6 Å². The molecule has 1 aliphatic carbocycles. The van der Waals surface area contributed by atoms with E-state index in [1.165, 1.54) is 18.5 Å². The van der Waals surface area contributed by atoms with E-state index in [0.29, 0.717) is 12.6 Å². The molecule has 1 atom stereocenters.